The van der Waals surface area contributed by atoms with Gasteiger partial charge in [-0.05, 0) is 64.4 Å². The van der Waals surface area contributed by atoms with Crippen LogP contribution in [0.5, 0.6) is 5.75 Å². The topological polar surface area (TPSA) is 65.6 Å². The Kier molecular flexibility index (Phi) is 7.79. The highest BCUT2D eigenvalue weighted by atomic mass is 16.5. The summed E-state index contributed by atoms with van der Waals surface area (Å²) < 4.78 is 5.74. The van der Waals surface area contributed by atoms with Crippen LogP contribution in [0.4, 0.5) is 0 Å². The van der Waals surface area contributed by atoms with E-state index in [0.717, 1.165) is 37.5 Å². The number of nitrogen functional groups attached to an aromatic ring is 1. The SMILES string of the molecule is CCN(CCCN(C)C)CCOc1ccc(C(=N)N)cc1. The van der Waals surface area contributed by atoms with Gasteiger partial charge in [-0.2, -0.15) is 0 Å². The molecule has 21 heavy (non-hydrogen) atoms. The van der Waals surface area contributed by atoms with Crippen molar-refractivity contribution >= 4 is 5.84 Å². The predicted molar refractivity (Wildman–Crippen MR) is 88.2 cm³/mol. The second-order valence-corrected chi connectivity index (χ2v) is 5.38. The van der Waals surface area contributed by atoms with E-state index in [1.54, 1.807) is 0 Å². The molecule has 0 aliphatic carbocycles. The number of nitrogens with one attached hydrogen (secondary N) is 1. The van der Waals surface area contributed by atoms with E-state index in [2.05, 4.69) is 30.8 Å². The van der Waals surface area contributed by atoms with Crippen LogP contribution in [0.1, 0.15) is 18.9 Å². The lowest BCUT2D eigenvalue weighted by Gasteiger charge is -2.21. The monoisotopic (exact) mass is 292 g/mol. The summed E-state index contributed by atoms with van der Waals surface area (Å²) in [5, 5.41) is 7.35. The van der Waals surface area contributed by atoms with Gasteiger partial charge in [0, 0.05) is 12.1 Å². The van der Waals surface area contributed by atoms with Gasteiger partial charge in [-0.3, -0.25) is 5.41 Å². The van der Waals surface area contributed by atoms with Crippen molar-refractivity contribution in [2.24, 2.45) is 5.73 Å². The number of rotatable bonds is 10. The smallest absolute Gasteiger partial charge is 0.122 e. The number of benzene rings is 1. The van der Waals surface area contributed by atoms with Gasteiger partial charge in [0.15, 0.2) is 0 Å². The average molecular weight is 292 g/mol. The van der Waals surface area contributed by atoms with Gasteiger partial charge in [-0.1, -0.05) is 6.92 Å². The maximum Gasteiger partial charge on any atom is 0.122 e. The standard InChI is InChI=1S/C16H28N4O/c1-4-20(11-5-10-19(2)3)12-13-21-15-8-6-14(7-9-15)16(17)18/h6-9H,4-5,10-13H2,1-3H3,(H3,17,18). The molecule has 5 nitrogen and oxygen atoms in total. The molecule has 0 aromatic heterocycles. The van der Waals surface area contributed by atoms with Crippen molar-refractivity contribution in [2.75, 3.05) is 46.9 Å². The summed E-state index contributed by atoms with van der Waals surface area (Å²) in [5.41, 5.74) is 6.15. The quantitative estimate of drug-likeness (QED) is 0.508. The zero-order valence-electron chi connectivity index (χ0n) is 13.4. The van der Waals surface area contributed by atoms with E-state index in [1.165, 1.54) is 6.42 Å². The Labute approximate surface area is 128 Å². The predicted octanol–water partition coefficient (Wildman–Crippen LogP) is 1.62. The van der Waals surface area contributed by atoms with Gasteiger partial charge in [0.2, 0.25) is 0 Å². The van der Waals surface area contributed by atoms with E-state index in [-0.39, 0.29) is 5.84 Å². The zero-order valence-corrected chi connectivity index (χ0v) is 13.4. The molecule has 0 saturated carbocycles. The molecule has 0 bridgehead atoms. The van der Waals surface area contributed by atoms with Crippen LogP contribution in [0.25, 0.3) is 0 Å². The highest BCUT2D eigenvalue weighted by molar-refractivity contribution is 5.94. The lowest BCUT2D eigenvalue weighted by molar-refractivity contribution is 0.208. The van der Waals surface area contributed by atoms with Crippen LogP contribution in [0, 0.1) is 5.41 Å². The first-order chi connectivity index (χ1) is 10.0. The molecule has 0 spiro atoms. The fourth-order valence-electron chi connectivity index (χ4n) is 2.06. The second-order valence-electron chi connectivity index (χ2n) is 5.38. The summed E-state index contributed by atoms with van der Waals surface area (Å²) >= 11 is 0. The molecule has 0 atom stereocenters. The van der Waals surface area contributed by atoms with Crippen LogP contribution in [0.2, 0.25) is 0 Å². The first-order valence-corrected chi connectivity index (χ1v) is 7.47. The highest BCUT2D eigenvalue weighted by Gasteiger charge is 2.03. The van der Waals surface area contributed by atoms with Crippen molar-refractivity contribution in [1.29, 1.82) is 5.41 Å². The normalized spacial score (nSPS) is 11.1. The Morgan fingerprint density at radius 1 is 1.14 bits per heavy atom. The minimum atomic E-state index is 0.0830. The van der Waals surface area contributed by atoms with Crippen LogP contribution >= 0.6 is 0 Å². The van der Waals surface area contributed by atoms with Crippen LogP contribution in [0.3, 0.4) is 0 Å². The van der Waals surface area contributed by atoms with Gasteiger partial charge in [0.05, 0.1) is 0 Å². The molecule has 0 fully saturated rings. The van der Waals surface area contributed by atoms with Crippen molar-refractivity contribution in [1.82, 2.24) is 9.80 Å². The summed E-state index contributed by atoms with van der Waals surface area (Å²) in [6.07, 6.45) is 1.17. The van der Waals surface area contributed by atoms with Gasteiger partial charge in [0.25, 0.3) is 0 Å². The Bertz CT molecular complexity index is 417. The van der Waals surface area contributed by atoms with Crippen molar-refractivity contribution in [3.8, 4) is 5.75 Å². The molecule has 3 N–H and O–H groups in total. The molecule has 1 aromatic carbocycles. The van der Waals surface area contributed by atoms with Crippen molar-refractivity contribution in [3.05, 3.63) is 29.8 Å². The van der Waals surface area contributed by atoms with E-state index in [4.69, 9.17) is 15.9 Å². The number of hydrogen-bond acceptors (Lipinski definition) is 4. The molecule has 0 saturated heterocycles. The number of likely N-dealkylation sites (N-methyl/N-ethyl adjacent to an activating group) is 1. The molecule has 0 aliphatic rings. The van der Waals surface area contributed by atoms with Crippen molar-refractivity contribution in [3.63, 3.8) is 0 Å². The fourth-order valence-corrected chi connectivity index (χ4v) is 2.06. The molecule has 0 amide bonds. The molecule has 1 rings (SSSR count). The molecule has 118 valence electrons. The molecule has 0 heterocycles. The number of ether oxygens (including phenoxy) is 1. The van der Waals surface area contributed by atoms with Gasteiger partial charge >= 0.3 is 0 Å². The third-order valence-corrected chi connectivity index (χ3v) is 3.37. The summed E-state index contributed by atoms with van der Waals surface area (Å²) in [6.45, 7) is 7.04. The summed E-state index contributed by atoms with van der Waals surface area (Å²) in [5.74, 6) is 0.906. The van der Waals surface area contributed by atoms with Gasteiger partial charge in [-0.15, -0.1) is 0 Å². The number of hydrogen-bond donors (Lipinski definition) is 2. The molecule has 0 aliphatic heterocycles. The van der Waals surface area contributed by atoms with E-state index in [1.807, 2.05) is 24.3 Å². The largest absolute Gasteiger partial charge is 0.492 e. The molecule has 1 aromatic rings. The van der Waals surface area contributed by atoms with Crippen LogP contribution in [-0.2, 0) is 0 Å². The van der Waals surface area contributed by atoms with Crippen LogP contribution < -0.4 is 10.5 Å². The Morgan fingerprint density at radius 3 is 2.33 bits per heavy atom. The fraction of sp³-hybridized carbons (Fsp3) is 0.562. The van der Waals surface area contributed by atoms with E-state index in [9.17, 15) is 0 Å². The minimum absolute atomic E-state index is 0.0830. The Balaban J connectivity index is 2.28. The molecule has 0 radical (unpaired) electrons. The maximum atomic E-state index is 7.35. The van der Waals surface area contributed by atoms with Gasteiger partial charge in [-0.25, -0.2) is 0 Å². The third-order valence-electron chi connectivity index (χ3n) is 3.37. The zero-order chi connectivity index (χ0) is 15.7. The summed E-state index contributed by atoms with van der Waals surface area (Å²) in [7, 11) is 4.20. The summed E-state index contributed by atoms with van der Waals surface area (Å²) in [6, 6.07) is 7.34. The lowest BCUT2D eigenvalue weighted by atomic mass is 10.2. The van der Waals surface area contributed by atoms with Crippen molar-refractivity contribution in [2.45, 2.75) is 13.3 Å². The van der Waals surface area contributed by atoms with Crippen molar-refractivity contribution < 1.29 is 4.74 Å². The minimum Gasteiger partial charge on any atom is -0.492 e. The van der Waals surface area contributed by atoms with Gasteiger partial charge in [0.1, 0.15) is 18.2 Å². The van der Waals surface area contributed by atoms with E-state index >= 15 is 0 Å². The maximum absolute atomic E-state index is 7.35. The molecular formula is C16H28N4O. The highest BCUT2D eigenvalue weighted by Crippen LogP contribution is 2.11. The van der Waals surface area contributed by atoms with E-state index < -0.39 is 0 Å². The van der Waals surface area contributed by atoms with Gasteiger partial charge < -0.3 is 20.3 Å². The van der Waals surface area contributed by atoms with Crippen LogP contribution in [-0.4, -0.2) is 62.5 Å². The number of amidine groups is 1. The second kappa shape index (κ2) is 9.37. The molecule has 5 heteroatoms. The van der Waals surface area contributed by atoms with E-state index in [0.29, 0.717) is 6.61 Å². The first kappa shape index (κ1) is 17.5. The molecular weight excluding hydrogens is 264 g/mol. The number of nitrogens with zero attached hydrogens (tertiary/aromatic N) is 2. The third kappa shape index (κ3) is 7.11. The lowest BCUT2D eigenvalue weighted by Crippen LogP contribution is -2.31. The number of nitrogens with two attached hydrogens (primary N) is 1. The Morgan fingerprint density at radius 2 is 1.81 bits per heavy atom. The summed E-state index contributed by atoms with van der Waals surface area (Å²) in [4.78, 5) is 4.61. The Hall–Kier alpha value is -1.59. The van der Waals surface area contributed by atoms with Crippen LogP contribution in [0.15, 0.2) is 24.3 Å². The molecule has 0 unspecified atom stereocenters. The average Bonchev–Trinajstić information content (AvgIpc) is 2.45. The first-order valence-electron chi connectivity index (χ1n) is 7.47.